The fraction of sp³-hybridized carbons (Fsp3) is 0.636. The first kappa shape index (κ1) is 26.3. The molecule has 0 radical (unpaired) electrons. The van der Waals surface area contributed by atoms with Crippen molar-refractivity contribution in [2.45, 2.75) is 51.4 Å². The summed E-state index contributed by atoms with van der Waals surface area (Å²) in [6, 6.07) is 6.23. The minimum absolute atomic E-state index is 0. The van der Waals surface area contributed by atoms with E-state index in [4.69, 9.17) is 9.47 Å². The van der Waals surface area contributed by atoms with Crippen LogP contribution in [0, 0.1) is 0 Å². The van der Waals surface area contributed by atoms with Crippen LogP contribution in [-0.4, -0.2) is 52.3 Å². The van der Waals surface area contributed by atoms with Crippen LogP contribution in [0.1, 0.15) is 51.5 Å². The lowest BCUT2D eigenvalue weighted by Crippen LogP contribution is -2.47. The first-order chi connectivity index (χ1) is 14.1. The number of hydrogen-bond acceptors (Lipinski definition) is 4. The largest absolute Gasteiger partial charge is 0.493 e. The third-order valence-electron chi connectivity index (χ3n) is 5.50. The maximum Gasteiger partial charge on any atom is 0.241 e. The van der Waals surface area contributed by atoms with Gasteiger partial charge in [0.15, 0.2) is 17.5 Å². The Balaban J connectivity index is 0.00000450. The van der Waals surface area contributed by atoms with Crippen LogP contribution in [0.25, 0.3) is 0 Å². The number of carbonyl (C=O) groups is 1. The van der Waals surface area contributed by atoms with Gasteiger partial charge in [0.1, 0.15) is 6.54 Å². The van der Waals surface area contributed by atoms with E-state index < -0.39 is 0 Å². The molecule has 0 saturated heterocycles. The third-order valence-corrected chi connectivity index (χ3v) is 5.50. The minimum Gasteiger partial charge on any atom is -0.493 e. The van der Waals surface area contributed by atoms with E-state index in [1.165, 1.54) is 24.8 Å². The molecule has 7 nitrogen and oxygen atoms in total. The lowest BCUT2D eigenvalue weighted by atomic mass is 9.69. The highest BCUT2D eigenvalue weighted by atomic mass is 127. The van der Waals surface area contributed by atoms with Crippen molar-refractivity contribution in [2.75, 3.05) is 40.4 Å². The quantitative estimate of drug-likeness (QED) is 0.259. The maximum absolute atomic E-state index is 11.8. The van der Waals surface area contributed by atoms with Gasteiger partial charge in [0, 0.05) is 25.0 Å². The van der Waals surface area contributed by atoms with E-state index in [0.717, 1.165) is 37.4 Å². The molecule has 170 valence electrons. The fourth-order valence-electron chi connectivity index (χ4n) is 3.96. The predicted octanol–water partition coefficient (Wildman–Crippen LogP) is 3.21. The first-order valence-corrected chi connectivity index (χ1v) is 10.6. The zero-order chi connectivity index (χ0) is 21.1. The lowest BCUT2D eigenvalue weighted by Gasteiger charge is -2.38. The fourth-order valence-corrected chi connectivity index (χ4v) is 3.96. The van der Waals surface area contributed by atoms with Crippen molar-refractivity contribution in [1.29, 1.82) is 0 Å². The molecule has 1 amide bonds. The average Bonchev–Trinajstić information content (AvgIpc) is 2.76. The summed E-state index contributed by atoms with van der Waals surface area (Å²) in [7, 11) is 3.33. The number of halogens is 1. The molecular formula is C22H37IN4O3. The molecule has 0 unspecified atom stereocenters. The van der Waals surface area contributed by atoms with E-state index in [0.29, 0.717) is 12.5 Å². The Morgan fingerprint density at radius 1 is 1.00 bits per heavy atom. The summed E-state index contributed by atoms with van der Waals surface area (Å²) in [6.45, 7) is 6.15. The van der Waals surface area contributed by atoms with Crippen molar-refractivity contribution in [3.63, 3.8) is 0 Å². The maximum atomic E-state index is 11.8. The van der Waals surface area contributed by atoms with E-state index >= 15 is 0 Å². The van der Waals surface area contributed by atoms with Crippen molar-refractivity contribution in [1.82, 2.24) is 16.0 Å². The molecule has 1 aromatic carbocycles. The van der Waals surface area contributed by atoms with Crippen molar-refractivity contribution >= 4 is 35.8 Å². The Morgan fingerprint density at radius 3 is 2.27 bits per heavy atom. The Kier molecular flexibility index (Phi) is 11.9. The number of benzene rings is 1. The second kappa shape index (κ2) is 13.6. The van der Waals surface area contributed by atoms with Crippen LogP contribution < -0.4 is 25.4 Å². The normalized spacial score (nSPS) is 15.5. The van der Waals surface area contributed by atoms with Gasteiger partial charge in [-0.2, -0.15) is 0 Å². The number of amides is 1. The van der Waals surface area contributed by atoms with E-state index in [9.17, 15) is 4.79 Å². The molecule has 1 fully saturated rings. The second-order valence-corrected chi connectivity index (χ2v) is 7.41. The van der Waals surface area contributed by atoms with E-state index in [1.54, 1.807) is 14.2 Å². The van der Waals surface area contributed by atoms with Crippen LogP contribution in [0.3, 0.4) is 0 Å². The van der Waals surface area contributed by atoms with Crippen LogP contribution in [0.2, 0.25) is 0 Å². The summed E-state index contributed by atoms with van der Waals surface area (Å²) in [5, 5.41) is 9.50. The Bertz CT molecular complexity index is 691. The van der Waals surface area contributed by atoms with Crippen LogP contribution in [0.15, 0.2) is 23.2 Å². The zero-order valence-electron chi connectivity index (χ0n) is 18.7. The molecule has 0 atom stereocenters. The number of likely N-dealkylation sites (N-methyl/N-ethyl adjacent to an activating group) is 1. The lowest BCUT2D eigenvalue weighted by molar-refractivity contribution is -0.119. The van der Waals surface area contributed by atoms with Gasteiger partial charge in [-0.15, -0.1) is 24.0 Å². The van der Waals surface area contributed by atoms with E-state index in [1.807, 2.05) is 19.9 Å². The molecule has 3 N–H and O–H groups in total. The van der Waals surface area contributed by atoms with Crippen LogP contribution >= 0.6 is 24.0 Å². The molecule has 1 saturated carbocycles. The second-order valence-electron chi connectivity index (χ2n) is 7.41. The number of ether oxygens (including phenoxy) is 2. The SMILES string of the molecule is CCNC(=O)CN=C(NCC)NCC1(c2ccc(OC)c(OC)c2)CCCCC1.I. The van der Waals surface area contributed by atoms with Gasteiger partial charge in [0.05, 0.1) is 14.2 Å². The molecule has 1 aromatic rings. The topological polar surface area (TPSA) is 84.0 Å². The van der Waals surface area contributed by atoms with Gasteiger partial charge in [0.25, 0.3) is 0 Å². The summed E-state index contributed by atoms with van der Waals surface area (Å²) in [5.74, 6) is 2.10. The molecule has 30 heavy (non-hydrogen) atoms. The molecule has 2 rings (SSSR count). The number of guanidine groups is 1. The minimum atomic E-state index is -0.0722. The van der Waals surface area contributed by atoms with Crippen LogP contribution in [0.4, 0.5) is 0 Å². The van der Waals surface area contributed by atoms with Gasteiger partial charge in [-0.25, -0.2) is 4.99 Å². The van der Waals surface area contributed by atoms with Crippen molar-refractivity contribution < 1.29 is 14.3 Å². The number of nitrogens with zero attached hydrogens (tertiary/aromatic N) is 1. The number of rotatable bonds is 9. The smallest absolute Gasteiger partial charge is 0.241 e. The standard InChI is InChI=1S/C22H36N4O3.HI/c1-5-23-20(27)15-25-21(24-6-2)26-16-22(12-8-7-9-13-22)17-10-11-18(28-3)19(14-17)29-4;/h10-11,14H,5-9,12-13,15-16H2,1-4H3,(H,23,27)(H2,24,25,26);1H. The molecular weight excluding hydrogens is 495 g/mol. The highest BCUT2D eigenvalue weighted by Gasteiger charge is 2.34. The molecule has 0 aromatic heterocycles. The van der Waals surface area contributed by atoms with Gasteiger partial charge in [-0.3, -0.25) is 4.79 Å². The molecule has 0 spiro atoms. The predicted molar refractivity (Wildman–Crippen MR) is 132 cm³/mol. The highest BCUT2D eigenvalue weighted by molar-refractivity contribution is 14.0. The Hall–Kier alpha value is -1.71. The van der Waals surface area contributed by atoms with Gasteiger partial charge < -0.3 is 25.4 Å². The van der Waals surface area contributed by atoms with Crippen LogP contribution in [-0.2, 0) is 10.2 Å². The van der Waals surface area contributed by atoms with Gasteiger partial charge in [-0.05, 0) is 44.4 Å². The van der Waals surface area contributed by atoms with Crippen molar-refractivity contribution in [3.8, 4) is 11.5 Å². The Morgan fingerprint density at radius 2 is 1.67 bits per heavy atom. The number of aliphatic imine (C=N–C) groups is 1. The molecule has 1 aliphatic rings. The number of hydrogen-bond donors (Lipinski definition) is 3. The number of carbonyl (C=O) groups excluding carboxylic acids is 1. The third kappa shape index (κ3) is 7.21. The molecule has 1 aliphatic carbocycles. The van der Waals surface area contributed by atoms with Gasteiger partial charge in [-0.1, -0.05) is 25.3 Å². The molecule has 0 bridgehead atoms. The average molecular weight is 532 g/mol. The summed E-state index contributed by atoms with van der Waals surface area (Å²) < 4.78 is 10.9. The first-order valence-electron chi connectivity index (χ1n) is 10.6. The van der Waals surface area contributed by atoms with Crippen molar-refractivity contribution in [2.24, 2.45) is 4.99 Å². The van der Waals surface area contributed by atoms with Gasteiger partial charge >= 0.3 is 0 Å². The van der Waals surface area contributed by atoms with E-state index in [-0.39, 0.29) is 41.8 Å². The summed E-state index contributed by atoms with van der Waals surface area (Å²) >= 11 is 0. The monoisotopic (exact) mass is 532 g/mol. The Labute approximate surface area is 197 Å². The number of methoxy groups -OCH3 is 2. The summed E-state index contributed by atoms with van der Waals surface area (Å²) in [4.78, 5) is 16.2. The highest BCUT2D eigenvalue weighted by Crippen LogP contribution is 2.42. The van der Waals surface area contributed by atoms with Crippen molar-refractivity contribution in [3.05, 3.63) is 23.8 Å². The summed E-state index contributed by atoms with van der Waals surface area (Å²) in [5.41, 5.74) is 1.25. The zero-order valence-corrected chi connectivity index (χ0v) is 21.0. The van der Waals surface area contributed by atoms with E-state index in [2.05, 4.69) is 33.1 Å². The molecule has 0 heterocycles. The number of nitrogens with one attached hydrogen (secondary N) is 3. The summed E-state index contributed by atoms with van der Waals surface area (Å²) in [6.07, 6.45) is 5.86. The van der Waals surface area contributed by atoms with Crippen LogP contribution in [0.5, 0.6) is 11.5 Å². The molecule has 8 heteroatoms. The molecule has 0 aliphatic heterocycles. The van der Waals surface area contributed by atoms with Gasteiger partial charge in [0.2, 0.25) is 5.91 Å².